The summed E-state index contributed by atoms with van der Waals surface area (Å²) in [4.78, 5) is 8.95. The van der Waals surface area contributed by atoms with E-state index in [1.54, 1.807) is 18.6 Å². The van der Waals surface area contributed by atoms with Gasteiger partial charge in [0.05, 0.1) is 6.20 Å². The van der Waals surface area contributed by atoms with Crippen LogP contribution in [0, 0.1) is 12.8 Å². The van der Waals surface area contributed by atoms with E-state index in [0.29, 0.717) is 28.7 Å². The zero-order valence-electron chi connectivity index (χ0n) is 13.1. The summed E-state index contributed by atoms with van der Waals surface area (Å²) in [7, 11) is 0. The summed E-state index contributed by atoms with van der Waals surface area (Å²) < 4.78 is 7.05. The average molecular weight is 313 g/mol. The molecule has 2 atom stereocenters. The number of aliphatic hydroxyl groups is 1. The summed E-state index contributed by atoms with van der Waals surface area (Å²) in [6, 6.07) is 3.93. The second-order valence-corrected chi connectivity index (χ2v) is 6.18. The molecule has 1 fully saturated rings. The first-order valence-electron chi connectivity index (χ1n) is 7.83. The van der Waals surface area contributed by atoms with Crippen LogP contribution in [0.5, 0.6) is 0 Å². The van der Waals surface area contributed by atoms with Gasteiger partial charge in [-0.25, -0.2) is 9.97 Å². The molecule has 1 aliphatic carbocycles. The minimum Gasteiger partial charge on any atom is -0.372 e. The predicted molar refractivity (Wildman–Crippen MR) is 83.5 cm³/mol. The van der Waals surface area contributed by atoms with E-state index in [-0.39, 0.29) is 6.04 Å². The lowest BCUT2D eigenvalue weighted by atomic mass is 10.2. The first kappa shape index (κ1) is 14.3. The molecule has 4 rings (SSSR count). The molecule has 3 heterocycles. The lowest BCUT2D eigenvalue weighted by Gasteiger charge is -2.17. The first-order chi connectivity index (χ1) is 11.1. The second kappa shape index (κ2) is 5.43. The SMILES string of the molecule is Cc1cc(-c2ccno2)nc2c(C(O)NC(C)C3CC3)ncn12. The van der Waals surface area contributed by atoms with Crippen molar-refractivity contribution in [3.63, 3.8) is 0 Å². The van der Waals surface area contributed by atoms with Crippen molar-refractivity contribution in [3.05, 3.63) is 36.0 Å². The minimum atomic E-state index is -0.840. The Morgan fingerprint density at radius 3 is 2.96 bits per heavy atom. The highest BCUT2D eigenvalue weighted by Crippen LogP contribution is 2.33. The fourth-order valence-corrected chi connectivity index (χ4v) is 2.87. The fourth-order valence-electron chi connectivity index (χ4n) is 2.87. The van der Waals surface area contributed by atoms with Gasteiger partial charge < -0.3 is 9.63 Å². The number of imidazole rings is 1. The van der Waals surface area contributed by atoms with Gasteiger partial charge in [-0.2, -0.15) is 0 Å². The Hall–Kier alpha value is -2.25. The van der Waals surface area contributed by atoms with E-state index >= 15 is 0 Å². The molecule has 120 valence electrons. The van der Waals surface area contributed by atoms with Gasteiger partial charge >= 0.3 is 0 Å². The van der Waals surface area contributed by atoms with Crippen LogP contribution in [0.4, 0.5) is 0 Å². The van der Waals surface area contributed by atoms with Gasteiger partial charge in [0.15, 0.2) is 17.6 Å². The van der Waals surface area contributed by atoms with Crippen molar-refractivity contribution in [2.75, 3.05) is 0 Å². The molecule has 0 aliphatic heterocycles. The maximum absolute atomic E-state index is 10.5. The average Bonchev–Trinajstić information content (AvgIpc) is 3.07. The monoisotopic (exact) mass is 313 g/mol. The van der Waals surface area contributed by atoms with Crippen molar-refractivity contribution >= 4 is 5.65 Å². The van der Waals surface area contributed by atoms with E-state index in [2.05, 4.69) is 27.4 Å². The van der Waals surface area contributed by atoms with Crippen molar-refractivity contribution in [2.24, 2.45) is 5.92 Å². The summed E-state index contributed by atoms with van der Waals surface area (Å²) in [5.41, 5.74) is 2.79. The summed E-state index contributed by atoms with van der Waals surface area (Å²) in [5.74, 6) is 1.24. The van der Waals surface area contributed by atoms with Gasteiger partial charge in [-0.05, 0) is 38.7 Å². The Balaban J connectivity index is 1.72. The number of hydrogen-bond acceptors (Lipinski definition) is 6. The van der Waals surface area contributed by atoms with E-state index in [4.69, 9.17) is 4.52 Å². The molecule has 0 bridgehead atoms. The maximum atomic E-state index is 10.5. The third kappa shape index (κ3) is 2.62. The highest BCUT2D eigenvalue weighted by Gasteiger charge is 2.30. The van der Waals surface area contributed by atoms with Crippen LogP contribution in [0.2, 0.25) is 0 Å². The first-order valence-corrected chi connectivity index (χ1v) is 7.83. The summed E-state index contributed by atoms with van der Waals surface area (Å²) in [6.45, 7) is 4.06. The number of fused-ring (bicyclic) bond motifs is 1. The van der Waals surface area contributed by atoms with Crippen LogP contribution in [0.25, 0.3) is 17.1 Å². The van der Waals surface area contributed by atoms with E-state index in [0.717, 1.165) is 5.69 Å². The number of nitrogens with zero attached hydrogens (tertiary/aromatic N) is 4. The van der Waals surface area contributed by atoms with Crippen molar-refractivity contribution < 1.29 is 9.63 Å². The van der Waals surface area contributed by atoms with Crippen molar-refractivity contribution in [2.45, 2.75) is 39.0 Å². The smallest absolute Gasteiger partial charge is 0.185 e. The van der Waals surface area contributed by atoms with Crippen LogP contribution >= 0.6 is 0 Å². The summed E-state index contributed by atoms with van der Waals surface area (Å²) in [6.07, 6.45) is 4.87. The van der Waals surface area contributed by atoms with Crippen LogP contribution in [0.15, 0.2) is 29.2 Å². The number of hydrogen-bond donors (Lipinski definition) is 2. The third-order valence-corrected chi connectivity index (χ3v) is 4.42. The third-order valence-electron chi connectivity index (χ3n) is 4.42. The fraction of sp³-hybridized carbons (Fsp3) is 0.438. The highest BCUT2D eigenvalue weighted by molar-refractivity contribution is 5.58. The molecule has 3 aromatic heterocycles. The largest absolute Gasteiger partial charge is 0.372 e. The lowest BCUT2D eigenvalue weighted by Crippen LogP contribution is -2.32. The molecule has 1 aliphatic rings. The minimum absolute atomic E-state index is 0.264. The number of rotatable bonds is 5. The normalized spacial score (nSPS) is 17.5. The van der Waals surface area contributed by atoms with Crippen molar-refractivity contribution in [3.8, 4) is 11.5 Å². The van der Waals surface area contributed by atoms with Gasteiger partial charge in [0.2, 0.25) is 0 Å². The molecule has 0 radical (unpaired) electrons. The molecule has 2 N–H and O–H groups in total. The Labute approximate surface area is 133 Å². The second-order valence-electron chi connectivity index (χ2n) is 6.18. The van der Waals surface area contributed by atoms with Crippen molar-refractivity contribution in [1.29, 1.82) is 0 Å². The molecule has 0 amide bonds. The van der Waals surface area contributed by atoms with E-state index < -0.39 is 6.23 Å². The van der Waals surface area contributed by atoms with Gasteiger partial charge in [-0.1, -0.05) is 5.16 Å². The molecule has 23 heavy (non-hydrogen) atoms. The Kier molecular flexibility index (Phi) is 3.39. The Morgan fingerprint density at radius 2 is 2.26 bits per heavy atom. The van der Waals surface area contributed by atoms with Crippen LogP contribution in [0.1, 0.15) is 37.4 Å². The van der Waals surface area contributed by atoms with Gasteiger partial charge in [0, 0.05) is 17.8 Å². The molecular weight excluding hydrogens is 294 g/mol. The summed E-state index contributed by atoms with van der Waals surface area (Å²) in [5, 5.41) is 17.4. The molecule has 0 saturated heterocycles. The number of aryl methyl sites for hydroxylation is 1. The van der Waals surface area contributed by atoms with Gasteiger partial charge in [-0.3, -0.25) is 9.72 Å². The Bertz CT molecular complexity index is 822. The molecule has 0 spiro atoms. The quantitative estimate of drug-likeness (QED) is 0.701. The van der Waals surface area contributed by atoms with Gasteiger partial charge in [-0.15, -0.1) is 0 Å². The highest BCUT2D eigenvalue weighted by atomic mass is 16.5. The Morgan fingerprint density at radius 1 is 1.43 bits per heavy atom. The standard InChI is InChI=1S/C16H19N5O2/c1-9-7-12(13-5-6-18-23-13)20-15-14(17-8-21(9)15)16(22)19-10(2)11-3-4-11/h5-8,10-11,16,19,22H,3-4H2,1-2H3. The van der Waals surface area contributed by atoms with E-state index in [1.807, 2.05) is 17.4 Å². The molecule has 0 aromatic carbocycles. The molecular formula is C16H19N5O2. The molecule has 2 unspecified atom stereocenters. The summed E-state index contributed by atoms with van der Waals surface area (Å²) >= 11 is 0. The van der Waals surface area contributed by atoms with Crippen LogP contribution in [0.3, 0.4) is 0 Å². The van der Waals surface area contributed by atoms with E-state index in [1.165, 1.54) is 12.8 Å². The molecule has 7 heteroatoms. The van der Waals surface area contributed by atoms with Gasteiger partial charge in [0.1, 0.15) is 17.7 Å². The van der Waals surface area contributed by atoms with Crippen LogP contribution in [-0.2, 0) is 0 Å². The molecule has 1 saturated carbocycles. The number of aliphatic hydroxyl groups excluding tert-OH is 1. The zero-order chi connectivity index (χ0) is 16.0. The van der Waals surface area contributed by atoms with Crippen LogP contribution < -0.4 is 5.32 Å². The topological polar surface area (TPSA) is 88.5 Å². The number of aromatic nitrogens is 4. The lowest BCUT2D eigenvalue weighted by molar-refractivity contribution is 0.119. The van der Waals surface area contributed by atoms with Gasteiger partial charge in [0.25, 0.3) is 0 Å². The molecule has 3 aromatic rings. The predicted octanol–water partition coefficient (Wildman–Crippen LogP) is 2.07. The van der Waals surface area contributed by atoms with E-state index in [9.17, 15) is 5.11 Å². The van der Waals surface area contributed by atoms with Crippen molar-refractivity contribution in [1.82, 2.24) is 24.8 Å². The van der Waals surface area contributed by atoms with Crippen LogP contribution in [-0.4, -0.2) is 30.7 Å². The molecule has 7 nitrogen and oxygen atoms in total. The number of nitrogens with one attached hydrogen (secondary N) is 1. The zero-order valence-corrected chi connectivity index (χ0v) is 13.1. The maximum Gasteiger partial charge on any atom is 0.185 e.